The van der Waals surface area contributed by atoms with Gasteiger partial charge < -0.3 is 28.7 Å². The summed E-state index contributed by atoms with van der Waals surface area (Å²) in [7, 11) is 0. The number of rotatable bonds is 5. The van der Waals surface area contributed by atoms with Gasteiger partial charge in [-0.05, 0) is 49.9 Å². The molecule has 1 saturated carbocycles. The molecule has 3 aliphatic heterocycles. The van der Waals surface area contributed by atoms with Crippen molar-refractivity contribution in [2.75, 3.05) is 39.4 Å². The van der Waals surface area contributed by atoms with Crippen molar-refractivity contribution in [2.24, 2.45) is 0 Å². The third kappa shape index (κ3) is 5.57. The first kappa shape index (κ1) is 23.6. The Bertz CT molecular complexity index is 1010. The summed E-state index contributed by atoms with van der Waals surface area (Å²) < 4.78 is 22.3. The van der Waals surface area contributed by atoms with Crippen molar-refractivity contribution in [2.45, 2.75) is 44.2 Å². The number of ether oxygens (including phenoxy) is 4. The summed E-state index contributed by atoms with van der Waals surface area (Å²) in [6.45, 7) is 3.58. The van der Waals surface area contributed by atoms with E-state index in [-0.39, 0.29) is 17.6 Å². The maximum Gasteiger partial charge on any atom is 0.336 e. The molecule has 3 fully saturated rings. The second-order valence-corrected chi connectivity index (χ2v) is 9.20. The molecule has 4 aliphatic rings. The van der Waals surface area contributed by atoms with Crippen LogP contribution in [0.4, 0.5) is 0 Å². The van der Waals surface area contributed by atoms with Gasteiger partial charge in [-0.25, -0.2) is 9.59 Å². The monoisotopic (exact) mass is 482 g/mol. The highest BCUT2D eigenvalue weighted by atomic mass is 16.6. The molecule has 9 nitrogen and oxygen atoms in total. The third-order valence-corrected chi connectivity index (χ3v) is 6.95. The second-order valence-electron chi connectivity index (χ2n) is 9.20. The minimum Gasteiger partial charge on any atom is -0.490 e. The molecule has 0 spiro atoms. The molecule has 0 unspecified atom stereocenters. The maximum absolute atomic E-state index is 13.2. The largest absolute Gasteiger partial charge is 0.490 e. The zero-order chi connectivity index (χ0) is 24.2. The van der Waals surface area contributed by atoms with Gasteiger partial charge in [-0.3, -0.25) is 4.79 Å². The van der Waals surface area contributed by atoms with Crippen molar-refractivity contribution in [3.8, 4) is 5.75 Å². The van der Waals surface area contributed by atoms with E-state index in [1.165, 1.54) is 24.2 Å². The van der Waals surface area contributed by atoms with Crippen molar-refractivity contribution in [3.05, 3.63) is 47.7 Å². The van der Waals surface area contributed by atoms with Crippen molar-refractivity contribution >= 4 is 23.6 Å². The number of hydrogen-bond acceptors (Lipinski definition) is 8. The minimum atomic E-state index is -0.816. The first-order chi connectivity index (χ1) is 17.1. The fourth-order valence-electron chi connectivity index (χ4n) is 4.73. The van der Waals surface area contributed by atoms with Gasteiger partial charge in [0.1, 0.15) is 11.9 Å². The smallest absolute Gasteiger partial charge is 0.336 e. The van der Waals surface area contributed by atoms with E-state index in [9.17, 15) is 14.4 Å². The lowest BCUT2D eigenvalue weighted by Gasteiger charge is -2.41. The Morgan fingerprint density at radius 1 is 0.857 bits per heavy atom. The Balaban J connectivity index is 1.32. The molecule has 9 heteroatoms. The highest BCUT2D eigenvalue weighted by Gasteiger charge is 2.32. The highest BCUT2D eigenvalue weighted by molar-refractivity contribution is 6.05. The lowest BCUT2D eigenvalue weighted by molar-refractivity contribution is -0.145. The Morgan fingerprint density at radius 2 is 1.51 bits per heavy atom. The van der Waals surface area contributed by atoms with Gasteiger partial charge in [0.05, 0.1) is 13.2 Å². The molecule has 35 heavy (non-hydrogen) atoms. The van der Waals surface area contributed by atoms with E-state index in [1.54, 1.807) is 24.3 Å². The molecule has 5 rings (SSSR count). The van der Waals surface area contributed by atoms with Crippen LogP contribution in [0.2, 0.25) is 0 Å². The fourth-order valence-corrected chi connectivity index (χ4v) is 4.73. The predicted molar refractivity (Wildman–Crippen MR) is 125 cm³/mol. The summed E-state index contributed by atoms with van der Waals surface area (Å²) in [5.74, 6) is -1.81. The van der Waals surface area contributed by atoms with Crippen molar-refractivity contribution in [1.29, 1.82) is 0 Å². The van der Waals surface area contributed by atoms with Crippen LogP contribution in [-0.4, -0.2) is 79.2 Å². The fraction of sp³-hybridized carbons (Fsp3) is 0.500. The third-order valence-electron chi connectivity index (χ3n) is 6.95. The van der Waals surface area contributed by atoms with Crippen molar-refractivity contribution < 1.29 is 33.3 Å². The summed E-state index contributed by atoms with van der Waals surface area (Å²) in [5, 5.41) is 0. The van der Waals surface area contributed by atoms with Gasteiger partial charge in [0.2, 0.25) is 5.76 Å². The molecule has 1 amide bonds. The topological polar surface area (TPSA) is 94.6 Å². The summed E-state index contributed by atoms with van der Waals surface area (Å²) in [4.78, 5) is 41.6. The zero-order valence-electron chi connectivity index (χ0n) is 19.6. The number of esters is 2. The molecule has 0 N–H and O–H groups in total. The van der Waals surface area contributed by atoms with Crippen LogP contribution in [-0.2, 0) is 28.6 Å². The summed E-state index contributed by atoms with van der Waals surface area (Å²) in [5.41, 5.74) is 0.435. The van der Waals surface area contributed by atoms with E-state index in [0.717, 1.165) is 44.1 Å². The second kappa shape index (κ2) is 10.6. The van der Waals surface area contributed by atoms with Crippen LogP contribution in [0.25, 0.3) is 5.76 Å². The number of hydrogen-bond donors (Lipinski definition) is 0. The van der Waals surface area contributed by atoms with Gasteiger partial charge in [0.25, 0.3) is 5.91 Å². The van der Waals surface area contributed by atoms with Crippen LogP contribution in [0.3, 0.4) is 0 Å². The average Bonchev–Trinajstić information content (AvgIpc) is 2.85. The number of amides is 1. The normalized spacial score (nSPS) is 25.7. The Labute approximate surface area is 204 Å². The zero-order valence-corrected chi connectivity index (χ0v) is 19.6. The SMILES string of the molecule is O=C1/C=C/C(=O)O/C(c2ccc(OC3CCN(C4CCC4)CC3)cc2)=C(/C(=O)N2CCOCC2)O1. The Morgan fingerprint density at radius 3 is 2.14 bits per heavy atom. The molecule has 0 atom stereocenters. The Hall–Kier alpha value is -3.17. The van der Waals surface area contributed by atoms with E-state index >= 15 is 0 Å². The number of cyclic esters (lactones) is 2. The molecule has 1 aromatic rings. The van der Waals surface area contributed by atoms with E-state index in [1.807, 2.05) is 0 Å². The van der Waals surface area contributed by atoms with Crippen molar-refractivity contribution in [3.63, 3.8) is 0 Å². The van der Waals surface area contributed by atoms with Crippen LogP contribution in [0.5, 0.6) is 5.75 Å². The van der Waals surface area contributed by atoms with E-state index in [4.69, 9.17) is 18.9 Å². The lowest BCUT2D eigenvalue weighted by Crippen LogP contribution is -2.46. The van der Waals surface area contributed by atoms with Gasteiger partial charge in [-0.15, -0.1) is 0 Å². The van der Waals surface area contributed by atoms with Gasteiger partial charge in [-0.1, -0.05) is 6.42 Å². The number of carbonyl (C=O) groups excluding carboxylic acids is 3. The molecular formula is C26H30N2O7. The average molecular weight is 483 g/mol. The number of likely N-dealkylation sites (tertiary alicyclic amines) is 1. The predicted octanol–water partition coefficient (Wildman–Crippen LogP) is 2.27. The molecule has 3 heterocycles. The van der Waals surface area contributed by atoms with E-state index < -0.39 is 17.8 Å². The molecular weight excluding hydrogens is 452 g/mol. The molecule has 0 aromatic heterocycles. The summed E-state index contributed by atoms with van der Waals surface area (Å²) in [6.07, 6.45) is 8.02. The number of morpholine rings is 1. The van der Waals surface area contributed by atoms with Gasteiger partial charge >= 0.3 is 11.9 Å². The molecule has 1 aliphatic carbocycles. The van der Waals surface area contributed by atoms with Crippen molar-refractivity contribution in [1.82, 2.24) is 9.80 Å². The standard InChI is InChI=1S/C26H30N2O7/c29-22-8-9-23(30)35-25(26(31)28-14-16-32-17-15-28)24(34-22)18-4-6-20(7-5-18)33-21-10-12-27(13-11-21)19-2-1-3-19/h4-9,19,21H,1-3,10-17H2/b9-8+,25-24-. The van der Waals surface area contributed by atoms with E-state index in [2.05, 4.69) is 4.90 Å². The quantitative estimate of drug-likeness (QED) is 0.590. The van der Waals surface area contributed by atoms with E-state index in [0.29, 0.717) is 37.6 Å². The molecule has 0 bridgehead atoms. The number of nitrogens with zero attached hydrogens (tertiary/aromatic N) is 2. The molecule has 2 saturated heterocycles. The molecule has 1 aromatic carbocycles. The maximum atomic E-state index is 13.2. The molecule has 0 radical (unpaired) electrons. The highest BCUT2D eigenvalue weighted by Crippen LogP contribution is 2.30. The number of piperidine rings is 1. The lowest BCUT2D eigenvalue weighted by atomic mass is 9.90. The number of benzene rings is 1. The van der Waals surface area contributed by atoms with Gasteiger partial charge in [-0.2, -0.15) is 0 Å². The van der Waals surface area contributed by atoms with Gasteiger partial charge in [0.15, 0.2) is 5.76 Å². The Kier molecular flexibility index (Phi) is 7.15. The minimum absolute atomic E-state index is 0.0930. The first-order valence-electron chi connectivity index (χ1n) is 12.3. The molecule has 186 valence electrons. The summed E-state index contributed by atoms with van der Waals surface area (Å²) >= 11 is 0. The number of carbonyl (C=O) groups is 3. The van der Waals surface area contributed by atoms with Crippen LogP contribution in [0.1, 0.15) is 37.7 Å². The van der Waals surface area contributed by atoms with Crippen LogP contribution < -0.4 is 4.74 Å². The van der Waals surface area contributed by atoms with Crippen LogP contribution >= 0.6 is 0 Å². The first-order valence-corrected chi connectivity index (χ1v) is 12.3. The van der Waals surface area contributed by atoms with Crippen LogP contribution in [0, 0.1) is 0 Å². The summed E-state index contributed by atoms with van der Waals surface area (Å²) in [6, 6.07) is 7.72. The van der Waals surface area contributed by atoms with Crippen LogP contribution in [0.15, 0.2) is 42.2 Å². The van der Waals surface area contributed by atoms with Gasteiger partial charge in [0, 0.05) is 49.9 Å².